The first-order chi connectivity index (χ1) is 10.6. The van der Waals surface area contributed by atoms with Gasteiger partial charge in [-0.3, -0.25) is 9.59 Å². The number of nitrogens with zero attached hydrogens (tertiary/aromatic N) is 2. The van der Waals surface area contributed by atoms with E-state index in [9.17, 15) is 14.4 Å². The van der Waals surface area contributed by atoms with Crippen LogP contribution >= 0.6 is 0 Å². The van der Waals surface area contributed by atoms with Crippen LogP contribution in [0.3, 0.4) is 0 Å². The predicted octanol–water partition coefficient (Wildman–Crippen LogP) is 1.37. The summed E-state index contributed by atoms with van der Waals surface area (Å²) >= 11 is 0. The number of Topliss-reactive ketones (excluding diaryl/α,β-unsaturated/α-hetero) is 1. The summed E-state index contributed by atoms with van der Waals surface area (Å²) in [5.74, 6) is -0.0904. The zero-order valence-electron chi connectivity index (χ0n) is 15.1. The van der Waals surface area contributed by atoms with E-state index < -0.39 is 0 Å². The summed E-state index contributed by atoms with van der Waals surface area (Å²) in [6.07, 6.45) is 1.76. The van der Waals surface area contributed by atoms with Gasteiger partial charge in [0.05, 0.1) is 33.6 Å². The van der Waals surface area contributed by atoms with E-state index in [1.807, 2.05) is 11.8 Å². The Morgan fingerprint density at radius 2 is 2.00 bits per heavy atom. The number of amides is 1. The molecule has 1 aliphatic rings. The Kier molecular flexibility index (Phi) is 7.19. The molecule has 0 spiro atoms. The van der Waals surface area contributed by atoms with Gasteiger partial charge in [0, 0.05) is 18.9 Å². The van der Waals surface area contributed by atoms with Crippen LogP contribution in [0.15, 0.2) is 0 Å². The van der Waals surface area contributed by atoms with Gasteiger partial charge in [-0.05, 0) is 27.2 Å². The standard InChI is InChI=1S/C17H31N2O4/c1-13-6-8-16(21)18(13)10-11-19(4,5)12-15(3)23-17(22)9-7-14(2)20/h13,15H,6-12H2,1-5H3/q+1. The number of esters is 1. The molecular weight excluding hydrogens is 296 g/mol. The topological polar surface area (TPSA) is 63.7 Å². The van der Waals surface area contributed by atoms with Crippen molar-refractivity contribution in [3.05, 3.63) is 0 Å². The van der Waals surface area contributed by atoms with E-state index in [4.69, 9.17) is 4.74 Å². The van der Waals surface area contributed by atoms with Gasteiger partial charge in [0.2, 0.25) is 5.91 Å². The molecule has 0 aromatic carbocycles. The molecule has 0 aliphatic carbocycles. The summed E-state index contributed by atoms with van der Waals surface area (Å²) in [4.78, 5) is 36.3. The van der Waals surface area contributed by atoms with Gasteiger partial charge in [0.1, 0.15) is 18.4 Å². The normalized spacial score (nSPS) is 19.8. The van der Waals surface area contributed by atoms with Gasteiger partial charge in [-0.15, -0.1) is 0 Å². The number of carbonyl (C=O) groups is 3. The van der Waals surface area contributed by atoms with Crippen molar-refractivity contribution in [2.75, 3.05) is 33.7 Å². The lowest BCUT2D eigenvalue weighted by molar-refractivity contribution is -0.892. The maximum absolute atomic E-state index is 11.8. The Hall–Kier alpha value is -1.43. The van der Waals surface area contributed by atoms with E-state index in [1.54, 1.807) is 0 Å². The summed E-state index contributed by atoms with van der Waals surface area (Å²) in [6, 6.07) is 0.323. The molecule has 1 fully saturated rings. The van der Waals surface area contributed by atoms with Gasteiger partial charge in [0.15, 0.2) is 0 Å². The van der Waals surface area contributed by atoms with Crippen LogP contribution in [0.2, 0.25) is 0 Å². The van der Waals surface area contributed by atoms with Gasteiger partial charge in [-0.25, -0.2) is 0 Å². The number of hydrogen-bond donors (Lipinski definition) is 0. The van der Waals surface area contributed by atoms with Crippen molar-refractivity contribution in [2.45, 2.75) is 58.6 Å². The number of likely N-dealkylation sites (N-methyl/N-ethyl adjacent to an activating group) is 1. The summed E-state index contributed by atoms with van der Waals surface area (Å²) in [6.45, 7) is 7.67. The van der Waals surface area contributed by atoms with Crippen LogP contribution in [0.25, 0.3) is 0 Å². The Bertz CT molecular complexity index is 448. The van der Waals surface area contributed by atoms with Crippen molar-refractivity contribution in [3.63, 3.8) is 0 Å². The van der Waals surface area contributed by atoms with Crippen molar-refractivity contribution in [1.82, 2.24) is 4.90 Å². The van der Waals surface area contributed by atoms with Crippen molar-refractivity contribution in [1.29, 1.82) is 0 Å². The van der Waals surface area contributed by atoms with E-state index in [0.29, 0.717) is 23.5 Å². The highest BCUT2D eigenvalue weighted by atomic mass is 16.5. The number of hydrogen-bond acceptors (Lipinski definition) is 4. The van der Waals surface area contributed by atoms with E-state index in [1.165, 1.54) is 6.92 Å². The third-order valence-corrected chi connectivity index (χ3v) is 4.34. The van der Waals surface area contributed by atoms with E-state index in [-0.39, 0.29) is 36.6 Å². The van der Waals surface area contributed by atoms with Crippen molar-refractivity contribution < 1.29 is 23.6 Å². The van der Waals surface area contributed by atoms with Crippen LogP contribution in [0.4, 0.5) is 0 Å². The van der Waals surface area contributed by atoms with Crippen molar-refractivity contribution in [3.8, 4) is 0 Å². The van der Waals surface area contributed by atoms with E-state index in [2.05, 4.69) is 21.0 Å². The van der Waals surface area contributed by atoms with Gasteiger partial charge in [0.25, 0.3) is 0 Å². The molecule has 1 rings (SSSR count). The minimum Gasteiger partial charge on any atom is -0.457 e. The average molecular weight is 327 g/mol. The Morgan fingerprint density at radius 3 is 2.52 bits per heavy atom. The molecule has 1 amide bonds. The van der Waals surface area contributed by atoms with Crippen LogP contribution < -0.4 is 0 Å². The quantitative estimate of drug-likeness (QED) is 0.474. The third kappa shape index (κ3) is 7.12. The first-order valence-corrected chi connectivity index (χ1v) is 8.41. The SMILES string of the molecule is CC(=O)CCC(=O)OC(C)C[N+](C)(C)CCN1C(=O)CCC1C. The second-order valence-electron chi connectivity index (χ2n) is 7.32. The second-order valence-corrected chi connectivity index (χ2v) is 7.32. The molecular formula is C17H31N2O4+. The lowest BCUT2D eigenvalue weighted by atomic mass is 10.2. The molecule has 2 atom stereocenters. The number of ether oxygens (including phenoxy) is 1. The van der Waals surface area contributed by atoms with Gasteiger partial charge in [-0.2, -0.15) is 0 Å². The Balaban J connectivity index is 2.36. The first-order valence-electron chi connectivity index (χ1n) is 8.41. The van der Waals surface area contributed by atoms with Gasteiger partial charge in [-0.1, -0.05) is 0 Å². The smallest absolute Gasteiger partial charge is 0.306 e. The van der Waals surface area contributed by atoms with Gasteiger partial charge >= 0.3 is 5.97 Å². The molecule has 0 saturated carbocycles. The maximum atomic E-state index is 11.8. The van der Waals surface area contributed by atoms with Crippen molar-refractivity contribution >= 4 is 17.7 Å². The predicted molar refractivity (Wildman–Crippen MR) is 87.7 cm³/mol. The minimum absolute atomic E-state index is 0.00452. The fourth-order valence-corrected chi connectivity index (χ4v) is 2.99. The van der Waals surface area contributed by atoms with Crippen LogP contribution in [-0.4, -0.2) is 72.9 Å². The first kappa shape index (κ1) is 19.6. The highest BCUT2D eigenvalue weighted by Crippen LogP contribution is 2.18. The molecule has 0 bridgehead atoms. The molecule has 6 heteroatoms. The number of carbonyl (C=O) groups excluding carboxylic acids is 3. The Labute approximate surface area is 139 Å². The maximum Gasteiger partial charge on any atom is 0.306 e. The molecule has 0 N–H and O–H groups in total. The molecule has 1 saturated heterocycles. The van der Waals surface area contributed by atoms with Crippen molar-refractivity contribution in [2.24, 2.45) is 0 Å². The Morgan fingerprint density at radius 1 is 1.35 bits per heavy atom. The molecule has 1 heterocycles. The summed E-state index contributed by atoms with van der Waals surface area (Å²) in [7, 11) is 4.15. The molecule has 0 aromatic heterocycles. The van der Waals surface area contributed by atoms with E-state index >= 15 is 0 Å². The largest absolute Gasteiger partial charge is 0.457 e. The zero-order valence-corrected chi connectivity index (χ0v) is 15.1. The fourth-order valence-electron chi connectivity index (χ4n) is 2.99. The number of ketones is 1. The van der Waals surface area contributed by atoms with Crippen LogP contribution in [-0.2, 0) is 19.1 Å². The molecule has 0 radical (unpaired) electrons. The minimum atomic E-state index is -0.323. The highest BCUT2D eigenvalue weighted by molar-refractivity contribution is 5.81. The number of likely N-dealkylation sites (tertiary alicyclic amines) is 1. The van der Waals surface area contributed by atoms with Gasteiger partial charge < -0.3 is 18.9 Å². The lowest BCUT2D eigenvalue weighted by Crippen LogP contribution is -2.50. The van der Waals surface area contributed by atoms with Crippen LogP contribution in [0.5, 0.6) is 0 Å². The monoisotopic (exact) mass is 327 g/mol. The fraction of sp³-hybridized carbons (Fsp3) is 0.824. The number of rotatable bonds is 9. The van der Waals surface area contributed by atoms with Crippen LogP contribution in [0.1, 0.15) is 46.5 Å². The molecule has 1 aliphatic heterocycles. The third-order valence-electron chi connectivity index (χ3n) is 4.34. The zero-order chi connectivity index (χ0) is 17.6. The van der Waals surface area contributed by atoms with E-state index in [0.717, 1.165) is 19.5 Å². The van der Waals surface area contributed by atoms with Crippen LogP contribution in [0, 0.1) is 0 Å². The summed E-state index contributed by atoms with van der Waals surface area (Å²) in [5, 5.41) is 0. The average Bonchev–Trinajstić information content (AvgIpc) is 2.72. The molecule has 0 aromatic rings. The number of quaternary nitrogens is 1. The molecule has 23 heavy (non-hydrogen) atoms. The highest BCUT2D eigenvalue weighted by Gasteiger charge is 2.30. The second kappa shape index (κ2) is 8.43. The molecule has 6 nitrogen and oxygen atoms in total. The molecule has 2 unspecified atom stereocenters. The molecule has 132 valence electrons. The summed E-state index contributed by atoms with van der Waals surface area (Å²) < 4.78 is 6.04. The summed E-state index contributed by atoms with van der Waals surface area (Å²) in [5.41, 5.74) is 0. The lowest BCUT2D eigenvalue weighted by Gasteiger charge is -2.34.